The van der Waals surface area contributed by atoms with E-state index in [9.17, 15) is 4.39 Å². The van der Waals surface area contributed by atoms with Gasteiger partial charge in [-0.1, -0.05) is 13.0 Å². The molecule has 1 heterocycles. The van der Waals surface area contributed by atoms with Crippen LogP contribution in [0.3, 0.4) is 0 Å². The van der Waals surface area contributed by atoms with Gasteiger partial charge in [-0.3, -0.25) is 4.68 Å². The molecule has 1 N–H and O–H groups in total. The Labute approximate surface area is 107 Å². The van der Waals surface area contributed by atoms with E-state index in [0.29, 0.717) is 12.1 Å². The Balaban J connectivity index is 2.28. The summed E-state index contributed by atoms with van der Waals surface area (Å²) in [5.41, 5.74) is 2.72. The van der Waals surface area contributed by atoms with Crippen LogP contribution in [0, 0.1) is 5.82 Å². The van der Waals surface area contributed by atoms with Crippen LogP contribution >= 0.6 is 0 Å². The second kappa shape index (κ2) is 5.78. The van der Waals surface area contributed by atoms with Gasteiger partial charge in [0.2, 0.25) is 0 Å². The molecule has 0 bridgehead atoms. The van der Waals surface area contributed by atoms with Crippen LogP contribution < -0.4 is 5.32 Å². The van der Waals surface area contributed by atoms with E-state index < -0.39 is 0 Å². The van der Waals surface area contributed by atoms with Crippen molar-refractivity contribution < 1.29 is 4.39 Å². The summed E-state index contributed by atoms with van der Waals surface area (Å²) in [5.74, 6) is -0.164. The van der Waals surface area contributed by atoms with Gasteiger partial charge < -0.3 is 5.32 Å². The van der Waals surface area contributed by atoms with Gasteiger partial charge >= 0.3 is 0 Å². The molecule has 0 spiro atoms. The van der Waals surface area contributed by atoms with Crippen LogP contribution in [0.1, 0.15) is 19.4 Å². The summed E-state index contributed by atoms with van der Waals surface area (Å²) in [4.78, 5) is 0. The number of nitrogens with zero attached hydrogens (tertiary/aromatic N) is 2. The quantitative estimate of drug-likeness (QED) is 0.880. The summed E-state index contributed by atoms with van der Waals surface area (Å²) in [5, 5.41) is 7.37. The second-order valence-corrected chi connectivity index (χ2v) is 4.17. The molecule has 0 saturated carbocycles. The van der Waals surface area contributed by atoms with Gasteiger partial charge in [0.1, 0.15) is 5.82 Å². The zero-order valence-corrected chi connectivity index (χ0v) is 10.8. The van der Waals surface area contributed by atoms with Crippen LogP contribution in [0.15, 0.2) is 30.6 Å². The molecule has 0 fully saturated rings. The number of aromatic nitrogens is 2. The fraction of sp³-hybridized carbons (Fsp3) is 0.357. The molecule has 0 amide bonds. The van der Waals surface area contributed by atoms with Crippen LogP contribution in [0.5, 0.6) is 0 Å². The zero-order valence-electron chi connectivity index (χ0n) is 10.8. The first-order valence-electron chi connectivity index (χ1n) is 6.26. The first kappa shape index (κ1) is 12.8. The first-order valence-corrected chi connectivity index (χ1v) is 6.26. The lowest BCUT2D eigenvalue weighted by Crippen LogP contribution is -2.12. The van der Waals surface area contributed by atoms with Crippen LogP contribution in [0.25, 0.3) is 11.1 Å². The smallest absolute Gasteiger partial charge is 0.127 e. The van der Waals surface area contributed by atoms with Crippen molar-refractivity contribution >= 4 is 0 Å². The number of hydrogen-bond acceptors (Lipinski definition) is 2. The lowest BCUT2D eigenvalue weighted by atomic mass is 10.1. The maximum atomic E-state index is 13.6. The van der Waals surface area contributed by atoms with Crippen molar-refractivity contribution in [2.24, 2.45) is 0 Å². The minimum absolute atomic E-state index is 0.164. The molecule has 4 heteroatoms. The Bertz CT molecular complexity index is 520. The van der Waals surface area contributed by atoms with E-state index in [-0.39, 0.29) is 5.82 Å². The van der Waals surface area contributed by atoms with E-state index >= 15 is 0 Å². The Hall–Kier alpha value is -1.68. The van der Waals surface area contributed by atoms with E-state index in [1.165, 1.54) is 6.07 Å². The highest BCUT2D eigenvalue weighted by Crippen LogP contribution is 2.21. The first-order chi connectivity index (χ1) is 8.74. The van der Waals surface area contributed by atoms with E-state index in [2.05, 4.69) is 10.4 Å². The van der Waals surface area contributed by atoms with Crippen LogP contribution in [0.4, 0.5) is 4.39 Å². The second-order valence-electron chi connectivity index (χ2n) is 4.17. The molecule has 0 radical (unpaired) electrons. The van der Waals surface area contributed by atoms with Crippen molar-refractivity contribution in [1.29, 1.82) is 0 Å². The Morgan fingerprint density at radius 1 is 1.28 bits per heavy atom. The number of benzene rings is 1. The predicted octanol–water partition coefficient (Wildman–Crippen LogP) is 2.82. The van der Waals surface area contributed by atoms with Crippen molar-refractivity contribution in [3.8, 4) is 11.1 Å². The minimum Gasteiger partial charge on any atom is -0.313 e. The lowest BCUT2D eigenvalue weighted by Gasteiger charge is -2.06. The van der Waals surface area contributed by atoms with Gasteiger partial charge in [0.15, 0.2) is 0 Å². The predicted molar refractivity (Wildman–Crippen MR) is 70.7 cm³/mol. The zero-order chi connectivity index (χ0) is 13.0. The molecule has 3 nitrogen and oxygen atoms in total. The van der Waals surface area contributed by atoms with Crippen molar-refractivity contribution in [3.63, 3.8) is 0 Å². The molecule has 96 valence electrons. The SMILES string of the molecule is CCNCc1cc(-c2cnn(CC)c2)ccc1F. The van der Waals surface area contributed by atoms with E-state index in [4.69, 9.17) is 0 Å². The Morgan fingerprint density at radius 3 is 2.78 bits per heavy atom. The Morgan fingerprint density at radius 2 is 2.11 bits per heavy atom. The summed E-state index contributed by atoms with van der Waals surface area (Å²) in [6.45, 7) is 6.27. The van der Waals surface area contributed by atoms with Crippen molar-refractivity contribution in [2.45, 2.75) is 26.9 Å². The fourth-order valence-electron chi connectivity index (χ4n) is 1.84. The number of aryl methyl sites for hydroxylation is 1. The van der Waals surface area contributed by atoms with Gasteiger partial charge in [-0.15, -0.1) is 0 Å². The van der Waals surface area contributed by atoms with Crippen molar-refractivity contribution in [1.82, 2.24) is 15.1 Å². The third kappa shape index (κ3) is 2.76. The summed E-state index contributed by atoms with van der Waals surface area (Å²) in [6.07, 6.45) is 3.79. The molecule has 2 aromatic rings. The minimum atomic E-state index is -0.164. The topological polar surface area (TPSA) is 29.9 Å². The highest BCUT2D eigenvalue weighted by molar-refractivity contribution is 5.62. The molecule has 1 aromatic heterocycles. The van der Waals surface area contributed by atoms with E-state index in [1.807, 2.05) is 37.0 Å². The maximum Gasteiger partial charge on any atom is 0.127 e. The van der Waals surface area contributed by atoms with Crippen molar-refractivity contribution in [2.75, 3.05) is 6.54 Å². The van der Waals surface area contributed by atoms with Crippen molar-refractivity contribution in [3.05, 3.63) is 42.0 Å². The molecular weight excluding hydrogens is 229 g/mol. The maximum absolute atomic E-state index is 13.6. The normalized spacial score (nSPS) is 10.8. The standard InChI is InChI=1S/C14H18FN3/c1-3-16-8-12-7-11(5-6-14(12)15)13-9-17-18(4-2)10-13/h5-7,9-10,16H,3-4,8H2,1-2H3. The molecule has 0 atom stereocenters. The summed E-state index contributed by atoms with van der Waals surface area (Å²) in [7, 11) is 0. The van der Waals surface area contributed by atoms with Gasteiger partial charge in [0.05, 0.1) is 6.20 Å². The van der Waals surface area contributed by atoms with Gasteiger partial charge in [0, 0.05) is 30.4 Å². The van der Waals surface area contributed by atoms with Gasteiger partial charge in [-0.25, -0.2) is 4.39 Å². The molecule has 18 heavy (non-hydrogen) atoms. The lowest BCUT2D eigenvalue weighted by molar-refractivity contribution is 0.593. The molecule has 0 unspecified atom stereocenters. The molecule has 0 saturated heterocycles. The number of rotatable bonds is 5. The highest BCUT2D eigenvalue weighted by Gasteiger charge is 2.06. The van der Waals surface area contributed by atoms with Crippen LogP contribution in [0.2, 0.25) is 0 Å². The third-order valence-corrected chi connectivity index (χ3v) is 2.90. The molecule has 0 aliphatic carbocycles. The monoisotopic (exact) mass is 247 g/mol. The molecule has 2 rings (SSSR count). The largest absolute Gasteiger partial charge is 0.313 e. The summed E-state index contributed by atoms with van der Waals surface area (Å²) >= 11 is 0. The number of halogens is 1. The van der Waals surface area contributed by atoms with Gasteiger partial charge in [0.25, 0.3) is 0 Å². The third-order valence-electron chi connectivity index (χ3n) is 2.90. The van der Waals surface area contributed by atoms with Gasteiger partial charge in [-0.05, 0) is 31.2 Å². The summed E-state index contributed by atoms with van der Waals surface area (Å²) in [6, 6.07) is 5.20. The molecule has 0 aliphatic rings. The molecule has 0 aliphatic heterocycles. The van der Waals surface area contributed by atoms with Crippen LogP contribution in [-0.4, -0.2) is 16.3 Å². The van der Waals surface area contributed by atoms with E-state index in [1.54, 1.807) is 6.07 Å². The fourth-order valence-corrected chi connectivity index (χ4v) is 1.84. The number of hydrogen-bond donors (Lipinski definition) is 1. The average Bonchev–Trinajstić information content (AvgIpc) is 2.86. The van der Waals surface area contributed by atoms with Crippen LogP contribution in [-0.2, 0) is 13.1 Å². The highest BCUT2D eigenvalue weighted by atomic mass is 19.1. The van der Waals surface area contributed by atoms with E-state index in [0.717, 1.165) is 24.2 Å². The molecule has 1 aromatic carbocycles. The Kier molecular flexibility index (Phi) is 4.10. The van der Waals surface area contributed by atoms with Gasteiger partial charge in [-0.2, -0.15) is 5.10 Å². The molecular formula is C14H18FN3. The average molecular weight is 247 g/mol. The number of nitrogens with one attached hydrogen (secondary N) is 1. The summed E-state index contributed by atoms with van der Waals surface area (Å²) < 4.78 is 15.5.